The summed E-state index contributed by atoms with van der Waals surface area (Å²) in [6.45, 7) is 5.03. The Morgan fingerprint density at radius 1 is 1.36 bits per heavy atom. The molecule has 1 aliphatic rings. The maximum atomic E-state index is 9.91. The van der Waals surface area contributed by atoms with E-state index in [-0.39, 0.29) is 11.6 Å². The van der Waals surface area contributed by atoms with Crippen LogP contribution in [0.5, 0.6) is 0 Å². The second-order valence-corrected chi connectivity index (χ2v) is 4.30. The van der Waals surface area contributed by atoms with E-state index >= 15 is 0 Å². The molecule has 0 amide bonds. The molecule has 1 aromatic rings. The van der Waals surface area contributed by atoms with Crippen LogP contribution >= 0.6 is 0 Å². The van der Waals surface area contributed by atoms with Crippen molar-refractivity contribution in [3.05, 3.63) is 35.4 Å². The van der Waals surface area contributed by atoms with Gasteiger partial charge in [-0.3, -0.25) is 0 Å². The lowest BCUT2D eigenvalue weighted by atomic mass is 9.88. The summed E-state index contributed by atoms with van der Waals surface area (Å²) in [5.74, 6) is 0. The Labute approximate surface area is 85.0 Å². The molecule has 0 aromatic heterocycles. The number of benzene rings is 1. The highest BCUT2D eigenvalue weighted by Gasteiger charge is 2.38. The Kier molecular flexibility index (Phi) is 2.33. The first kappa shape index (κ1) is 9.69. The largest absolute Gasteiger partial charge is 0.391 e. The van der Waals surface area contributed by atoms with Gasteiger partial charge in [0.25, 0.3) is 0 Å². The zero-order valence-electron chi connectivity index (χ0n) is 8.75. The van der Waals surface area contributed by atoms with Crippen LogP contribution in [0, 0.1) is 6.92 Å². The van der Waals surface area contributed by atoms with Crippen molar-refractivity contribution in [2.45, 2.75) is 31.9 Å². The van der Waals surface area contributed by atoms with E-state index in [1.54, 1.807) is 0 Å². The first-order chi connectivity index (χ1) is 6.63. The lowest BCUT2D eigenvalue weighted by molar-refractivity contribution is 0.107. The Morgan fingerprint density at radius 2 is 2.00 bits per heavy atom. The molecule has 2 heteroatoms. The van der Waals surface area contributed by atoms with Crippen molar-refractivity contribution >= 4 is 0 Å². The average molecular weight is 191 g/mol. The van der Waals surface area contributed by atoms with Crippen molar-refractivity contribution in [1.29, 1.82) is 0 Å². The van der Waals surface area contributed by atoms with Gasteiger partial charge in [-0.25, -0.2) is 0 Å². The van der Waals surface area contributed by atoms with Gasteiger partial charge in [-0.1, -0.05) is 29.8 Å². The second-order valence-electron chi connectivity index (χ2n) is 4.30. The Morgan fingerprint density at radius 3 is 2.50 bits per heavy atom. The monoisotopic (exact) mass is 191 g/mol. The molecular formula is C12H17NO. The topological polar surface area (TPSA) is 32.3 Å². The number of aliphatic hydroxyl groups excluding tert-OH is 1. The lowest BCUT2D eigenvalue weighted by Crippen LogP contribution is -2.41. The number of hydrogen-bond donors (Lipinski definition) is 2. The molecule has 0 radical (unpaired) electrons. The molecule has 1 aromatic carbocycles. The van der Waals surface area contributed by atoms with E-state index in [2.05, 4.69) is 43.4 Å². The molecule has 0 spiro atoms. The van der Waals surface area contributed by atoms with Crippen LogP contribution < -0.4 is 5.32 Å². The normalized spacial score (nSPS) is 32.1. The molecule has 0 saturated carbocycles. The molecule has 76 valence electrons. The second kappa shape index (κ2) is 3.37. The van der Waals surface area contributed by atoms with Crippen LogP contribution in [0.1, 0.15) is 24.5 Å². The lowest BCUT2D eigenvalue weighted by Gasteiger charge is -2.29. The van der Waals surface area contributed by atoms with Gasteiger partial charge in [-0.15, -0.1) is 0 Å². The first-order valence-electron chi connectivity index (χ1n) is 5.13. The highest BCUT2D eigenvalue weighted by Crippen LogP contribution is 2.30. The van der Waals surface area contributed by atoms with Crippen LogP contribution in [0.4, 0.5) is 0 Å². The van der Waals surface area contributed by atoms with Crippen LogP contribution in [0.3, 0.4) is 0 Å². The average Bonchev–Trinajstić information content (AvgIpc) is 2.49. The summed E-state index contributed by atoms with van der Waals surface area (Å²) in [6, 6.07) is 8.37. The smallest absolute Gasteiger partial charge is 0.0772 e. The molecule has 1 fully saturated rings. The summed E-state index contributed by atoms with van der Waals surface area (Å²) < 4.78 is 0. The van der Waals surface area contributed by atoms with Crippen LogP contribution in [0.15, 0.2) is 24.3 Å². The highest BCUT2D eigenvalue weighted by molar-refractivity contribution is 5.29. The van der Waals surface area contributed by atoms with Crippen LogP contribution in [0.25, 0.3) is 0 Å². The minimum Gasteiger partial charge on any atom is -0.391 e. The van der Waals surface area contributed by atoms with Crippen molar-refractivity contribution in [2.75, 3.05) is 6.54 Å². The maximum absolute atomic E-state index is 9.91. The molecule has 14 heavy (non-hydrogen) atoms. The minimum atomic E-state index is -0.273. The molecule has 1 heterocycles. The number of aliphatic hydroxyl groups is 1. The van der Waals surface area contributed by atoms with E-state index in [0.717, 1.165) is 13.0 Å². The summed E-state index contributed by atoms with van der Waals surface area (Å²) in [6.07, 6.45) is 0.565. The molecule has 1 aliphatic heterocycles. The van der Waals surface area contributed by atoms with E-state index in [0.29, 0.717) is 0 Å². The third-order valence-electron chi connectivity index (χ3n) is 3.23. The molecule has 2 atom stereocenters. The van der Waals surface area contributed by atoms with Gasteiger partial charge in [0.15, 0.2) is 0 Å². The van der Waals surface area contributed by atoms with Gasteiger partial charge in [0.2, 0.25) is 0 Å². The van der Waals surface area contributed by atoms with Gasteiger partial charge < -0.3 is 10.4 Å². The van der Waals surface area contributed by atoms with E-state index in [1.807, 2.05) is 0 Å². The summed E-state index contributed by atoms with van der Waals surface area (Å²) in [5, 5.41) is 13.3. The first-order valence-corrected chi connectivity index (χ1v) is 5.13. The highest BCUT2D eigenvalue weighted by atomic mass is 16.3. The fraction of sp³-hybridized carbons (Fsp3) is 0.500. The number of nitrogens with one attached hydrogen (secondary N) is 1. The van der Waals surface area contributed by atoms with Crippen molar-refractivity contribution in [3.8, 4) is 0 Å². The minimum absolute atomic E-state index is 0.256. The standard InChI is InChI=1S/C12H17NO/c1-9-3-5-10(6-4-9)12(2)11(14)7-8-13-12/h3-6,11,13-14H,7-8H2,1-2H3. The van der Waals surface area contributed by atoms with Gasteiger partial charge in [0.1, 0.15) is 0 Å². The SMILES string of the molecule is Cc1ccc(C2(C)NCCC2O)cc1. The zero-order valence-corrected chi connectivity index (χ0v) is 8.75. The zero-order chi connectivity index (χ0) is 10.2. The summed E-state index contributed by atoms with van der Waals surface area (Å²) in [7, 11) is 0. The van der Waals surface area contributed by atoms with E-state index in [4.69, 9.17) is 0 Å². The Bertz CT molecular complexity index is 320. The van der Waals surface area contributed by atoms with Crippen molar-refractivity contribution in [2.24, 2.45) is 0 Å². The van der Waals surface area contributed by atoms with Crippen molar-refractivity contribution in [3.63, 3.8) is 0 Å². The molecule has 0 aliphatic carbocycles. The molecule has 1 saturated heterocycles. The molecule has 0 bridgehead atoms. The van der Waals surface area contributed by atoms with Gasteiger partial charge in [0.05, 0.1) is 11.6 Å². The van der Waals surface area contributed by atoms with Gasteiger partial charge in [-0.05, 0) is 32.4 Å². The van der Waals surface area contributed by atoms with Crippen LogP contribution in [-0.4, -0.2) is 17.8 Å². The summed E-state index contributed by atoms with van der Waals surface area (Å²) in [4.78, 5) is 0. The predicted octanol–water partition coefficient (Wildman–Crippen LogP) is 1.56. The molecule has 2 rings (SSSR count). The van der Waals surface area contributed by atoms with Crippen molar-refractivity contribution < 1.29 is 5.11 Å². The van der Waals surface area contributed by atoms with Crippen LogP contribution in [-0.2, 0) is 5.54 Å². The molecule has 2 unspecified atom stereocenters. The van der Waals surface area contributed by atoms with E-state index in [1.165, 1.54) is 11.1 Å². The van der Waals surface area contributed by atoms with E-state index in [9.17, 15) is 5.11 Å². The summed E-state index contributed by atoms with van der Waals surface area (Å²) >= 11 is 0. The van der Waals surface area contributed by atoms with Crippen LogP contribution in [0.2, 0.25) is 0 Å². The summed E-state index contributed by atoms with van der Waals surface area (Å²) in [5.41, 5.74) is 2.17. The number of hydrogen-bond acceptors (Lipinski definition) is 2. The Hall–Kier alpha value is -0.860. The molecule has 2 N–H and O–H groups in total. The number of aryl methyl sites for hydroxylation is 1. The third-order valence-corrected chi connectivity index (χ3v) is 3.23. The third kappa shape index (κ3) is 1.45. The Balaban J connectivity index is 2.34. The predicted molar refractivity (Wildman–Crippen MR) is 57.2 cm³/mol. The quantitative estimate of drug-likeness (QED) is 0.706. The van der Waals surface area contributed by atoms with Gasteiger partial charge in [-0.2, -0.15) is 0 Å². The van der Waals surface area contributed by atoms with Crippen molar-refractivity contribution in [1.82, 2.24) is 5.32 Å². The van der Waals surface area contributed by atoms with Gasteiger partial charge >= 0.3 is 0 Å². The van der Waals surface area contributed by atoms with Gasteiger partial charge in [0, 0.05) is 0 Å². The molecule has 2 nitrogen and oxygen atoms in total. The van der Waals surface area contributed by atoms with E-state index < -0.39 is 0 Å². The fourth-order valence-electron chi connectivity index (χ4n) is 2.07. The number of rotatable bonds is 1. The maximum Gasteiger partial charge on any atom is 0.0772 e. The fourth-order valence-corrected chi connectivity index (χ4v) is 2.07. The molecular weight excluding hydrogens is 174 g/mol.